The van der Waals surface area contributed by atoms with E-state index in [0.717, 1.165) is 5.56 Å². The lowest BCUT2D eigenvalue weighted by atomic mass is 10.1. The summed E-state index contributed by atoms with van der Waals surface area (Å²) in [6, 6.07) is 14.2. The van der Waals surface area contributed by atoms with Crippen molar-refractivity contribution in [3.8, 4) is 0 Å². The fraction of sp³-hybridized carbons (Fsp3) is 0.250. The van der Waals surface area contributed by atoms with Crippen molar-refractivity contribution in [3.63, 3.8) is 0 Å². The third-order valence-electron chi connectivity index (χ3n) is 3.33. The Hall–Kier alpha value is -1.07. The Morgan fingerprint density at radius 1 is 1.00 bits per heavy atom. The highest BCUT2D eigenvalue weighted by Crippen LogP contribution is 2.27. The third kappa shape index (κ3) is 4.46. The molecule has 0 aromatic heterocycles. The first-order chi connectivity index (χ1) is 10.4. The van der Waals surface area contributed by atoms with Gasteiger partial charge in [0.25, 0.3) is 0 Å². The molecule has 22 heavy (non-hydrogen) atoms. The van der Waals surface area contributed by atoms with Crippen LogP contribution in [0.15, 0.2) is 48.5 Å². The van der Waals surface area contributed by atoms with Gasteiger partial charge in [0.2, 0.25) is 10.0 Å². The van der Waals surface area contributed by atoms with Crippen LogP contribution in [0.25, 0.3) is 0 Å². The molecule has 3 nitrogen and oxygen atoms in total. The van der Waals surface area contributed by atoms with E-state index >= 15 is 0 Å². The Balaban J connectivity index is 2.20. The smallest absolute Gasteiger partial charge is 0.212 e. The lowest BCUT2D eigenvalue weighted by Crippen LogP contribution is -2.29. The maximum Gasteiger partial charge on any atom is 0.216 e. The van der Waals surface area contributed by atoms with Crippen molar-refractivity contribution in [3.05, 3.63) is 69.7 Å². The molecule has 0 amide bonds. The topological polar surface area (TPSA) is 46.2 Å². The first-order valence-corrected chi connectivity index (χ1v) is 9.31. The predicted octanol–water partition coefficient (Wildman–Crippen LogP) is 4.56. The van der Waals surface area contributed by atoms with Crippen LogP contribution in [0, 0.1) is 0 Å². The largest absolute Gasteiger partial charge is 0.216 e. The van der Waals surface area contributed by atoms with Crippen LogP contribution in [0.3, 0.4) is 0 Å². The van der Waals surface area contributed by atoms with Crippen molar-refractivity contribution in [2.45, 2.75) is 25.1 Å². The lowest BCUT2D eigenvalue weighted by Gasteiger charge is -2.18. The van der Waals surface area contributed by atoms with Gasteiger partial charge in [0, 0.05) is 21.7 Å². The molecule has 6 heteroatoms. The van der Waals surface area contributed by atoms with Crippen molar-refractivity contribution in [2.24, 2.45) is 0 Å². The van der Waals surface area contributed by atoms with Crippen LogP contribution in [0.4, 0.5) is 0 Å². The Morgan fingerprint density at radius 2 is 1.59 bits per heavy atom. The van der Waals surface area contributed by atoms with E-state index < -0.39 is 10.0 Å². The average molecular weight is 358 g/mol. The predicted molar refractivity (Wildman–Crippen MR) is 91.7 cm³/mol. The number of benzene rings is 2. The van der Waals surface area contributed by atoms with Gasteiger partial charge in [0.05, 0.1) is 5.75 Å². The summed E-state index contributed by atoms with van der Waals surface area (Å²) in [5, 5.41) is 0.705. The van der Waals surface area contributed by atoms with E-state index in [2.05, 4.69) is 4.72 Å². The second-order valence-corrected chi connectivity index (χ2v) is 7.52. The molecule has 0 heterocycles. The Morgan fingerprint density at radius 3 is 2.14 bits per heavy atom. The monoisotopic (exact) mass is 357 g/mol. The molecule has 0 radical (unpaired) electrons. The van der Waals surface area contributed by atoms with E-state index in [-0.39, 0.29) is 11.8 Å². The summed E-state index contributed by atoms with van der Waals surface area (Å²) in [6.07, 6.45) is 0.652. The third-order valence-corrected chi connectivity index (χ3v) is 5.35. The van der Waals surface area contributed by atoms with Crippen LogP contribution >= 0.6 is 23.2 Å². The summed E-state index contributed by atoms with van der Waals surface area (Å²) in [6.45, 7) is 1.93. The molecule has 0 aliphatic heterocycles. The van der Waals surface area contributed by atoms with Crippen molar-refractivity contribution >= 4 is 33.2 Å². The molecule has 0 fully saturated rings. The minimum absolute atomic E-state index is 0.241. The van der Waals surface area contributed by atoms with Gasteiger partial charge in [-0.2, -0.15) is 0 Å². The lowest BCUT2D eigenvalue weighted by molar-refractivity contribution is 0.549. The first kappa shape index (κ1) is 17.3. The number of rotatable bonds is 6. The van der Waals surface area contributed by atoms with Crippen LogP contribution in [-0.4, -0.2) is 8.42 Å². The summed E-state index contributed by atoms with van der Waals surface area (Å²) in [4.78, 5) is 0. The molecule has 0 aliphatic rings. The molecule has 1 N–H and O–H groups in total. The fourth-order valence-electron chi connectivity index (χ4n) is 2.19. The van der Waals surface area contributed by atoms with Gasteiger partial charge in [0.15, 0.2) is 0 Å². The summed E-state index contributed by atoms with van der Waals surface area (Å²) in [5.41, 5.74) is 1.35. The molecule has 0 bridgehead atoms. The molecular weight excluding hydrogens is 341 g/mol. The van der Waals surface area contributed by atoms with Crippen molar-refractivity contribution < 1.29 is 8.42 Å². The molecule has 0 saturated carbocycles. The SMILES string of the molecule is CC[C@H](NS(=O)(=O)Cc1c(Cl)cccc1Cl)c1ccccc1. The van der Waals surface area contributed by atoms with Crippen molar-refractivity contribution in [1.82, 2.24) is 4.72 Å². The maximum atomic E-state index is 12.4. The Kier molecular flexibility index (Phi) is 5.87. The highest BCUT2D eigenvalue weighted by Gasteiger charge is 2.21. The maximum absolute atomic E-state index is 12.4. The second-order valence-electron chi connectivity index (χ2n) is 4.95. The summed E-state index contributed by atoms with van der Waals surface area (Å²) in [7, 11) is -3.56. The molecule has 1 atom stereocenters. The van der Waals surface area contributed by atoms with Gasteiger partial charge in [-0.3, -0.25) is 0 Å². The number of hydrogen-bond donors (Lipinski definition) is 1. The van der Waals surface area contributed by atoms with E-state index in [4.69, 9.17) is 23.2 Å². The zero-order chi connectivity index (χ0) is 16.2. The molecule has 2 aromatic carbocycles. The molecule has 2 aromatic rings. The molecule has 0 spiro atoms. The Labute approximate surface area is 141 Å². The molecule has 118 valence electrons. The number of nitrogens with one attached hydrogen (secondary N) is 1. The number of halogens is 2. The van der Waals surface area contributed by atoms with Crippen molar-refractivity contribution in [1.29, 1.82) is 0 Å². The van der Waals surface area contributed by atoms with Crippen molar-refractivity contribution in [2.75, 3.05) is 0 Å². The highest BCUT2D eigenvalue weighted by molar-refractivity contribution is 7.88. The van der Waals surface area contributed by atoms with Crippen LogP contribution in [0.1, 0.15) is 30.5 Å². The van der Waals surface area contributed by atoms with Gasteiger partial charge in [-0.05, 0) is 24.1 Å². The summed E-state index contributed by atoms with van der Waals surface area (Å²) in [5.74, 6) is -0.241. The molecule has 0 unspecified atom stereocenters. The molecule has 2 rings (SSSR count). The zero-order valence-electron chi connectivity index (χ0n) is 12.1. The number of hydrogen-bond acceptors (Lipinski definition) is 2. The van der Waals surface area contributed by atoms with Gasteiger partial charge in [-0.1, -0.05) is 66.5 Å². The summed E-state index contributed by atoms with van der Waals surface area (Å²) < 4.78 is 27.6. The van der Waals surface area contributed by atoms with Gasteiger partial charge < -0.3 is 0 Å². The quantitative estimate of drug-likeness (QED) is 0.823. The normalized spacial score (nSPS) is 13.0. The van der Waals surface area contributed by atoms with Crippen LogP contribution in [0.5, 0.6) is 0 Å². The molecule has 0 aliphatic carbocycles. The highest BCUT2D eigenvalue weighted by atomic mass is 35.5. The molecular formula is C16H17Cl2NO2S. The second kappa shape index (κ2) is 7.47. The van der Waals surface area contributed by atoms with E-state index in [1.165, 1.54) is 0 Å². The van der Waals surface area contributed by atoms with Gasteiger partial charge in [-0.25, -0.2) is 13.1 Å². The first-order valence-electron chi connectivity index (χ1n) is 6.91. The fourth-order valence-corrected chi connectivity index (χ4v) is 4.39. The van der Waals surface area contributed by atoms with Crippen LogP contribution < -0.4 is 4.72 Å². The van der Waals surface area contributed by atoms with Crippen LogP contribution in [-0.2, 0) is 15.8 Å². The number of sulfonamides is 1. The standard InChI is InChI=1S/C16H17Cl2NO2S/c1-2-16(12-7-4-3-5-8-12)19-22(20,21)11-13-14(17)9-6-10-15(13)18/h3-10,16,19H,2,11H2,1H3/t16-/m0/s1. The Bertz CT molecular complexity index is 713. The van der Waals surface area contributed by atoms with Crippen LogP contribution in [0.2, 0.25) is 10.0 Å². The zero-order valence-corrected chi connectivity index (χ0v) is 14.4. The molecule has 0 saturated heterocycles. The van der Waals surface area contributed by atoms with Gasteiger partial charge in [-0.15, -0.1) is 0 Å². The van der Waals surface area contributed by atoms with Gasteiger partial charge >= 0.3 is 0 Å². The van der Waals surface area contributed by atoms with E-state index in [0.29, 0.717) is 22.0 Å². The minimum atomic E-state index is -3.56. The average Bonchev–Trinajstić information content (AvgIpc) is 2.50. The summed E-state index contributed by atoms with van der Waals surface area (Å²) >= 11 is 12.1. The van der Waals surface area contributed by atoms with E-state index in [9.17, 15) is 8.42 Å². The van der Waals surface area contributed by atoms with E-state index in [1.807, 2.05) is 37.3 Å². The van der Waals surface area contributed by atoms with E-state index in [1.54, 1.807) is 18.2 Å². The van der Waals surface area contributed by atoms with Gasteiger partial charge in [0.1, 0.15) is 0 Å². The minimum Gasteiger partial charge on any atom is -0.212 e.